The Morgan fingerprint density at radius 1 is 1.30 bits per heavy atom. The first-order valence-corrected chi connectivity index (χ1v) is 7.56. The lowest BCUT2D eigenvalue weighted by atomic mass is 10.1. The van der Waals surface area contributed by atoms with Gasteiger partial charge in [0.05, 0.1) is 7.11 Å². The summed E-state index contributed by atoms with van der Waals surface area (Å²) in [6.07, 6.45) is -0.446. The molecule has 128 valence electrons. The van der Waals surface area contributed by atoms with Gasteiger partial charge in [-0.1, -0.05) is 29.8 Å². The summed E-state index contributed by atoms with van der Waals surface area (Å²) in [6, 6.07) is 6.29. The number of ether oxygens (including phenoxy) is 1. The fourth-order valence-corrected chi connectivity index (χ4v) is 2.06. The van der Waals surface area contributed by atoms with E-state index in [1.54, 1.807) is 39.0 Å². The number of likely N-dealkylation sites (N-methyl/N-ethyl adjacent to an activating group) is 1. The van der Waals surface area contributed by atoms with Gasteiger partial charge in [-0.15, -0.1) is 0 Å². The van der Waals surface area contributed by atoms with E-state index in [-0.39, 0.29) is 6.42 Å². The number of nitrogens with zero attached hydrogens (tertiary/aromatic N) is 1. The fourth-order valence-electron chi connectivity index (χ4n) is 1.84. The van der Waals surface area contributed by atoms with Crippen LogP contribution >= 0.6 is 11.6 Å². The van der Waals surface area contributed by atoms with E-state index in [9.17, 15) is 9.59 Å². The van der Waals surface area contributed by atoms with Crippen molar-refractivity contribution in [2.45, 2.75) is 38.8 Å². The standard InChI is InChI=1S/C16H23ClN2O4/c1-16(2,3)23-15(21)18-13(14(20)19(4)22-5)10-11-8-6-7-9-12(11)17/h6-9,13H,10H2,1-5H3,(H,18,21). The minimum absolute atomic E-state index is 0.228. The predicted octanol–water partition coefficient (Wildman–Crippen LogP) is 2.80. The van der Waals surface area contributed by atoms with Crippen molar-refractivity contribution in [1.29, 1.82) is 0 Å². The van der Waals surface area contributed by atoms with Gasteiger partial charge in [-0.05, 0) is 32.4 Å². The highest BCUT2D eigenvalue weighted by Crippen LogP contribution is 2.17. The van der Waals surface area contributed by atoms with Crippen molar-refractivity contribution >= 4 is 23.6 Å². The van der Waals surface area contributed by atoms with Gasteiger partial charge in [-0.25, -0.2) is 9.86 Å². The maximum atomic E-state index is 12.4. The number of alkyl carbamates (subject to hydrolysis) is 1. The van der Waals surface area contributed by atoms with Crippen LogP contribution in [-0.2, 0) is 20.8 Å². The van der Waals surface area contributed by atoms with Crippen LogP contribution in [0.1, 0.15) is 26.3 Å². The summed E-state index contributed by atoms with van der Waals surface area (Å²) in [5.74, 6) is -0.404. The van der Waals surface area contributed by atoms with Crippen LogP contribution in [-0.4, -0.2) is 42.9 Å². The largest absolute Gasteiger partial charge is 0.444 e. The normalized spacial score (nSPS) is 12.4. The van der Waals surface area contributed by atoms with E-state index >= 15 is 0 Å². The Hall–Kier alpha value is -1.79. The quantitative estimate of drug-likeness (QED) is 0.835. The summed E-state index contributed by atoms with van der Waals surface area (Å²) in [5, 5.41) is 4.15. The molecule has 0 heterocycles. The second-order valence-electron chi connectivity index (χ2n) is 6.01. The number of amides is 2. The molecular weight excluding hydrogens is 320 g/mol. The molecule has 0 saturated heterocycles. The van der Waals surface area contributed by atoms with Crippen molar-refractivity contribution in [3.05, 3.63) is 34.9 Å². The molecular formula is C16H23ClN2O4. The molecule has 6 nitrogen and oxygen atoms in total. The number of carbonyl (C=O) groups is 2. The van der Waals surface area contributed by atoms with E-state index in [1.807, 2.05) is 6.07 Å². The number of hydrogen-bond donors (Lipinski definition) is 1. The van der Waals surface area contributed by atoms with Crippen molar-refractivity contribution in [1.82, 2.24) is 10.4 Å². The lowest BCUT2D eigenvalue weighted by Gasteiger charge is -2.25. The van der Waals surface area contributed by atoms with Gasteiger partial charge in [0, 0.05) is 18.5 Å². The second-order valence-corrected chi connectivity index (χ2v) is 6.42. The third-order valence-corrected chi connectivity index (χ3v) is 3.32. The minimum atomic E-state index is -0.852. The van der Waals surface area contributed by atoms with Crippen molar-refractivity contribution < 1.29 is 19.2 Å². The van der Waals surface area contributed by atoms with E-state index in [2.05, 4.69) is 5.32 Å². The van der Waals surface area contributed by atoms with Crippen LogP contribution in [0.4, 0.5) is 4.79 Å². The molecule has 7 heteroatoms. The Morgan fingerprint density at radius 2 is 1.91 bits per heavy atom. The molecule has 0 aliphatic carbocycles. The van der Waals surface area contributed by atoms with E-state index in [1.165, 1.54) is 14.2 Å². The lowest BCUT2D eigenvalue weighted by Crippen LogP contribution is -2.49. The lowest BCUT2D eigenvalue weighted by molar-refractivity contribution is -0.171. The Bertz CT molecular complexity index is 557. The zero-order valence-corrected chi connectivity index (χ0v) is 14.8. The van der Waals surface area contributed by atoms with Gasteiger partial charge in [-0.2, -0.15) is 0 Å². The Balaban J connectivity index is 2.92. The number of rotatable bonds is 5. The van der Waals surface area contributed by atoms with Gasteiger partial charge in [0.1, 0.15) is 11.6 Å². The molecule has 0 aromatic heterocycles. The van der Waals surface area contributed by atoms with E-state index in [4.69, 9.17) is 21.2 Å². The molecule has 1 aromatic carbocycles. The smallest absolute Gasteiger partial charge is 0.408 e. The maximum absolute atomic E-state index is 12.4. The van der Waals surface area contributed by atoms with Gasteiger partial charge in [0.25, 0.3) is 5.91 Å². The Labute approximate surface area is 141 Å². The molecule has 1 unspecified atom stereocenters. The summed E-state index contributed by atoms with van der Waals surface area (Å²) in [6.45, 7) is 5.25. The third kappa shape index (κ3) is 6.46. The number of hydroxylamine groups is 2. The van der Waals surface area contributed by atoms with Crippen LogP contribution in [0.25, 0.3) is 0 Å². The molecule has 0 bridgehead atoms. The summed E-state index contributed by atoms with van der Waals surface area (Å²) in [4.78, 5) is 29.3. The number of carbonyl (C=O) groups excluding carboxylic acids is 2. The molecule has 1 rings (SSSR count). The minimum Gasteiger partial charge on any atom is -0.444 e. The highest BCUT2D eigenvalue weighted by molar-refractivity contribution is 6.31. The molecule has 0 spiro atoms. The molecule has 1 N–H and O–H groups in total. The molecule has 0 saturated carbocycles. The number of hydrogen-bond acceptors (Lipinski definition) is 4. The van der Waals surface area contributed by atoms with Crippen LogP contribution in [0.15, 0.2) is 24.3 Å². The van der Waals surface area contributed by atoms with Crippen LogP contribution in [0.3, 0.4) is 0 Å². The maximum Gasteiger partial charge on any atom is 0.408 e. The molecule has 0 aliphatic heterocycles. The zero-order valence-electron chi connectivity index (χ0n) is 14.1. The first-order chi connectivity index (χ1) is 10.6. The molecule has 1 atom stereocenters. The SMILES string of the molecule is CON(C)C(=O)C(Cc1ccccc1Cl)NC(=O)OC(C)(C)C. The molecule has 0 fully saturated rings. The fraction of sp³-hybridized carbons (Fsp3) is 0.500. The molecule has 0 aliphatic rings. The molecule has 2 amide bonds. The Kier molecular flexibility index (Phi) is 6.84. The zero-order chi connectivity index (χ0) is 17.6. The number of nitrogens with one attached hydrogen (secondary N) is 1. The monoisotopic (exact) mass is 342 g/mol. The van der Waals surface area contributed by atoms with Crippen LogP contribution in [0, 0.1) is 0 Å². The van der Waals surface area contributed by atoms with E-state index < -0.39 is 23.6 Å². The third-order valence-electron chi connectivity index (χ3n) is 2.96. The number of halogens is 1. The highest BCUT2D eigenvalue weighted by atomic mass is 35.5. The topological polar surface area (TPSA) is 67.9 Å². The van der Waals surface area contributed by atoms with Crippen molar-refractivity contribution in [2.24, 2.45) is 0 Å². The summed E-state index contributed by atoms with van der Waals surface area (Å²) in [5.41, 5.74) is 0.0861. The molecule has 0 radical (unpaired) electrons. The summed E-state index contributed by atoms with van der Waals surface area (Å²) >= 11 is 6.13. The number of benzene rings is 1. The first-order valence-electron chi connectivity index (χ1n) is 7.18. The molecule has 1 aromatic rings. The van der Waals surface area contributed by atoms with Crippen molar-refractivity contribution in [2.75, 3.05) is 14.2 Å². The van der Waals surface area contributed by atoms with Crippen LogP contribution in [0.2, 0.25) is 5.02 Å². The van der Waals surface area contributed by atoms with Crippen molar-refractivity contribution in [3.63, 3.8) is 0 Å². The van der Waals surface area contributed by atoms with Gasteiger partial charge >= 0.3 is 6.09 Å². The van der Waals surface area contributed by atoms with Gasteiger partial charge in [0.15, 0.2) is 0 Å². The highest BCUT2D eigenvalue weighted by Gasteiger charge is 2.27. The summed E-state index contributed by atoms with van der Waals surface area (Å²) < 4.78 is 5.21. The average Bonchev–Trinajstić information content (AvgIpc) is 2.45. The van der Waals surface area contributed by atoms with Crippen LogP contribution < -0.4 is 5.32 Å². The van der Waals surface area contributed by atoms with E-state index in [0.717, 1.165) is 10.6 Å². The molecule has 23 heavy (non-hydrogen) atoms. The van der Waals surface area contributed by atoms with Crippen LogP contribution in [0.5, 0.6) is 0 Å². The van der Waals surface area contributed by atoms with Crippen molar-refractivity contribution in [3.8, 4) is 0 Å². The second kappa shape index (κ2) is 8.17. The van der Waals surface area contributed by atoms with Gasteiger partial charge in [0.2, 0.25) is 0 Å². The van der Waals surface area contributed by atoms with Gasteiger partial charge in [-0.3, -0.25) is 9.63 Å². The van der Waals surface area contributed by atoms with Gasteiger partial charge < -0.3 is 10.1 Å². The predicted molar refractivity (Wildman–Crippen MR) is 88.1 cm³/mol. The van der Waals surface area contributed by atoms with E-state index in [0.29, 0.717) is 5.02 Å². The summed E-state index contributed by atoms with van der Waals surface area (Å²) in [7, 11) is 2.84. The Morgan fingerprint density at radius 3 is 2.43 bits per heavy atom. The average molecular weight is 343 g/mol. The first kappa shape index (κ1) is 19.3.